The molecule has 1 aliphatic carbocycles. The van der Waals surface area contributed by atoms with Crippen molar-refractivity contribution in [3.05, 3.63) is 204 Å². The topological polar surface area (TPSA) is 0 Å². The van der Waals surface area contributed by atoms with Gasteiger partial charge in [-0.1, -0.05) is 193 Å². The second-order valence-corrected chi connectivity index (χ2v) is 22.8. The van der Waals surface area contributed by atoms with Gasteiger partial charge in [-0.3, -0.25) is 0 Å². The molecule has 0 amide bonds. The first-order valence-electron chi connectivity index (χ1n) is 18.9. The van der Waals surface area contributed by atoms with E-state index in [1.807, 2.05) is 0 Å². The highest BCUT2D eigenvalue weighted by Gasteiger charge is 2.50. The zero-order chi connectivity index (χ0) is 35.3. The predicted octanol–water partition coefficient (Wildman–Crippen LogP) is 6.59. The van der Waals surface area contributed by atoms with E-state index in [0.29, 0.717) is 0 Å². The maximum Gasteiger partial charge on any atom is 0.180 e. The van der Waals surface area contributed by atoms with Gasteiger partial charge in [-0.25, -0.2) is 0 Å². The fourth-order valence-corrected chi connectivity index (χ4v) is 20.7. The summed E-state index contributed by atoms with van der Waals surface area (Å²) >= 11 is 0. The summed E-state index contributed by atoms with van der Waals surface area (Å²) in [5.74, 6) is 0. The summed E-state index contributed by atoms with van der Waals surface area (Å²) in [6, 6.07) is 70.9. The van der Waals surface area contributed by atoms with E-state index in [1.165, 1.54) is 97.1 Å². The van der Waals surface area contributed by atoms with Gasteiger partial charge in [-0.2, -0.15) is 0 Å². The third kappa shape index (κ3) is 4.11. The molecule has 2 unspecified atom stereocenters. The number of hydrogen-bond acceptors (Lipinski definition) is 0. The molecular formula is C51H38Si2. The molecule has 0 spiro atoms. The van der Waals surface area contributed by atoms with Gasteiger partial charge in [0.15, 0.2) is 16.1 Å². The molecule has 2 heteroatoms. The second kappa shape index (κ2) is 11.3. The molecule has 2 aliphatic heterocycles. The van der Waals surface area contributed by atoms with Crippen LogP contribution in [0.4, 0.5) is 0 Å². The summed E-state index contributed by atoms with van der Waals surface area (Å²) in [5.41, 5.74) is 13.9. The summed E-state index contributed by atoms with van der Waals surface area (Å²) in [6.45, 7) is 4.45. The smallest absolute Gasteiger partial charge is 0.0623 e. The molecule has 0 aromatic heterocycles. The molecule has 8 aromatic carbocycles. The molecule has 2 atom stereocenters. The molecule has 250 valence electrons. The largest absolute Gasteiger partial charge is 0.180 e. The zero-order valence-electron chi connectivity index (χ0n) is 30.0. The summed E-state index contributed by atoms with van der Waals surface area (Å²) in [6.07, 6.45) is 0.976. The normalized spacial score (nSPS) is 18.5. The Bertz CT molecular complexity index is 2590. The Balaban J connectivity index is 1.17. The molecule has 3 aliphatic rings. The molecule has 0 saturated carbocycles. The highest BCUT2D eigenvalue weighted by Crippen LogP contribution is 2.38. The van der Waals surface area contributed by atoms with Crippen molar-refractivity contribution >= 4 is 57.6 Å². The quantitative estimate of drug-likeness (QED) is 0.181. The second-order valence-electron chi connectivity index (χ2n) is 15.3. The van der Waals surface area contributed by atoms with E-state index in [1.54, 1.807) is 0 Å². The van der Waals surface area contributed by atoms with Gasteiger partial charge in [-0.05, 0) is 106 Å². The van der Waals surface area contributed by atoms with Crippen LogP contribution in [0, 0.1) is 13.8 Å². The van der Waals surface area contributed by atoms with Crippen molar-refractivity contribution < 1.29 is 0 Å². The van der Waals surface area contributed by atoms with Crippen molar-refractivity contribution in [1.82, 2.24) is 0 Å². The maximum atomic E-state index is 2.62. The molecule has 0 saturated heterocycles. The van der Waals surface area contributed by atoms with Crippen LogP contribution in [0.1, 0.15) is 22.3 Å². The summed E-state index contributed by atoms with van der Waals surface area (Å²) in [4.78, 5) is 0. The first-order chi connectivity index (χ1) is 26.1. The number of benzene rings is 8. The molecular weight excluding hydrogens is 669 g/mol. The summed E-state index contributed by atoms with van der Waals surface area (Å²) in [7, 11) is -5.22. The minimum Gasteiger partial charge on any atom is -0.0623 e. The van der Waals surface area contributed by atoms with Crippen LogP contribution >= 0.6 is 0 Å². The lowest BCUT2D eigenvalue weighted by Crippen LogP contribution is -2.73. The Morgan fingerprint density at radius 3 is 1.15 bits per heavy atom. The van der Waals surface area contributed by atoms with E-state index in [2.05, 4.69) is 196 Å². The summed E-state index contributed by atoms with van der Waals surface area (Å²) in [5, 5.41) is 11.9. The lowest BCUT2D eigenvalue weighted by atomic mass is 10.0. The standard InChI is InChI=1S/C51H38Si2/c1-34-21-27-50-46(29-34)42-17-9-11-19-48(42)52(50,38-13-5-3-6-14-38)40-25-23-36-31-37-24-26-41(33-45(37)44(36)32-40)53(39-15-7-4-8-16-39)49-20-12-10-18-43(49)47-30-35(2)22-28-51(47)53/h3-30,32-33H,31H2,1-2H3. The van der Waals surface area contributed by atoms with Gasteiger partial charge >= 0.3 is 0 Å². The van der Waals surface area contributed by atoms with Gasteiger partial charge in [0.2, 0.25) is 0 Å². The highest BCUT2D eigenvalue weighted by molar-refractivity contribution is 7.23. The third-order valence-corrected chi connectivity index (χ3v) is 22.3. The Hall–Kier alpha value is -5.81. The van der Waals surface area contributed by atoms with Gasteiger partial charge in [0.1, 0.15) is 0 Å². The van der Waals surface area contributed by atoms with Crippen LogP contribution < -0.4 is 41.5 Å². The van der Waals surface area contributed by atoms with E-state index in [-0.39, 0.29) is 0 Å². The predicted molar refractivity (Wildman–Crippen MR) is 229 cm³/mol. The van der Waals surface area contributed by atoms with Crippen molar-refractivity contribution in [3.8, 4) is 33.4 Å². The van der Waals surface area contributed by atoms with Crippen molar-refractivity contribution in [2.45, 2.75) is 20.3 Å². The number of rotatable bonds is 4. The average Bonchev–Trinajstić information content (AvgIpc) is 3.82. The van der Waals surface area contributed by atoms with Crippen LogP contribution in [0.25, 0.3) is 33.4 Å². The van der Waals surface area contributed by atoms with Crippen LogP contribution in [0.2, 0.25) is 0 Å². The monoisotopic (exact) mass is 706 g/mol. The molecule has 2 heterocycles. The molecule has 0 bridgehead atoms. The van der Waals surface area contributed by atoms with Crippen LogP contribution in [0.15, 0.2) is 182 Å². The SMILES string of the molecule is Cc1ccc2c(c1)-c1ccccc1[Si]2(c1ccccc1)c1ccc2c(c1)-c1cc([Si]3(c4ccccc4)c4ccccc4-c4cc(C)ccc43)ccc1C2. The summed E-state index contributed by atoms with van der Waals surface area (Å²) < 4.78 is 0. The van der Waals surface area contributed by atoms with Crippen LogP contribution in [-0.4, -0.2) is 16.1 Å². The van der Waals surface area contributed by atoms with Crippen molar-refractivity contribution in [3.63, 3.8) is 0 Å². The lowest BCUT2D eigenvalue weighted by Gasteiger charge is -2.32. The van der Waals surface area contributed by atoms with E-state index in [0.717, 1.165) is 6.42 Å². The molecule has 8 aromatic rings. The minimum atomic E-state index is -2.61. The van der Waals surface area contributed by atoms with Gasteiger partial charge in [0.25, 0.3) is 0 Å². The first-order valence-corrected chi connectivity index (χ1v) is 22.9. The maximum absolute atomic E-state index is 2.62. The van der Waals surface area contributed by atoms with Gasteiger partial charge in [0, 0.05) is 0 Å². The Labute approximate surface area is 314 Å². The highest BCUT2D eigenvalue weighted by atomic mass is 28.3. The molecule has 11 rings (SSSR count). The van der Waals surface area contributed by atoms with Crippen LogP contribution in [0.3, 0.4) is 0 Å². The van der Waals surface area contributed by atoms with E-state index >= 15 is 0 Å². The molecule has 0 fully saturated rings. The number of aryl methyl sites for hydroxylation is 2. The average molecular weight is 707 g/mol. The van der Waals surface area contributed by atoms with E-state index < -0.39 is 16.1 Å². The van der Waals surface area contributed by atoms with E-state index in [9.17, 15) is 0 Å². The van der Waals surface area contributed by atoms with E-state index in [4.69, 9.17) is 0 Å². The lowest BCUT2D eigenvalue weighted by molar-refractivity contribution is 1.27. The van der Waals surface area contributed by atoms with Crippen LogP contribution in [-0.2, 0) is 6.42 Å². The minimum absolute atomic E-state index is 0.976. The van der Waals surface area contributed by atoms with Gasteiger partial charge in [0.05, 0.1) is 0 Å². The number of fused-ring (bicyclic) bond motifs is 9. The van der Waals surface area contributed by atoms with Crippen molar-refractivity contribution in [2.75, 3.05) is 0 Å². The molecule has 0 nitrogen and oxygen atoms in total. The Kier molecular flexibility index (Phi) is 6.59. The van der Waals surface area contributed by atoms with Crippen molar-refractivity contribution in [2.24, 2.45) is 0 Å². The fraction of sp³-hybridized carbons (Fsp3) is 0.0588. The van der Waals surface area contributed by atoms with Gasteiger partial charge in [-0.15, -0.1) is 0 Å². The first kappa shape index (κ1) is 30.8. The zero-order valence-corrected chi connectivity index (χ0v) is 32.0. The fourth-order valence-electron chi connectivity index (χ4n) is 10.4. The Morgan fingerprint density at radius 2 is 0.698 bits per heavy atom. The van der Waals surface area contributed by atoms with Crippen LogP contribution in [0.5, 0.6) is 0 Å². The Morgan fingerprint density at radius 1 is 0.302 bits per heavy atom. The van der Waals surface area contributed by atoms with Crippen molar-refractivity contribution in [1.29, 1.82) is 0 Å². The molecule has 0 N–H and O–H groups in total. The molecule has 53 heavy (non-hydrogen) atoms. The van der Waals surface area contributed by atoms with Gasteiger partial charge < -0.3 is 0 Å². The third-order valence-electron chi connectivity index (χ3n) is 12.6. The number of hydrogen-bond donors (Lipinski definition) is 0. The molecule has 0 radical (unpaired) electrons.